The summed E-state index contributed by atoms with van der Waals surface area (Å²) in [6.07, 6.45) is 0.307. The normalized spacial score (nSPS) is 11.9. The number of methoxy groups -OCH3 is 3. The number of hydrogen-bond donors (Lipinski definition) is 1. The zero-order valence-corrected chi connectivity index (χ0v) is 26.6. The highest BCUT2D eigenvalue weighted by atomic mass is 32.2. The van der Waals surface area contributed by atoms with Crippen LogP contribution in [0.1, 0.15) is 38.3 Å². The average Bonchev–Trinajstić information content (AvgIpc) is 2.99. The number of benzene rings is 3. The molecule has 0 aromatic heterocycles. The van der Waals surface area contributed by atoms with Crippen LogP contribution >= 0.6 is 0 Å². The van der Waals surface area contributed by atoms with Crippen molar-refractivity contribution in [1.82, 2.24) is 10.2 Å². The number of amides is 2. The fourth-order valence-corrected chi connectivity index (χ4v) is 6.03. The molecule has 2 amide bonds. The summed E-state index contributed by atoms with van der Waals surface area (Å²) in [6.45, 7) is 6.78. The van der Waals surface area contributed by atoms with Crippen LogP contribution in [0.15, 0.2) is 71.6 Å². The van der Waals surface area contributed by atoms with Gasteiger partial charge >= 0.3 is 0 Å². The summed E-state index contributed by atoms with van der Waals surface area (Å²) in [7, 11) is 0.143. The summed E-state index contributed by atoms with van der Waals surface area (Å²) < 4.78 is 45.7. The van der Waals surface area contributed by atoms with Gasteiger partial charge in [0.05, 0.1) is 31.9 Å². The molecule has 11 heteroatoms. The van der Waals surface area contributed by atoms with Gasteiger partial charge in [-0.05, 0) is 69.2 Å². The Kier molecular flexibility index (Phi) is 11.4. The standard InChI is InChI=1S/C32H41N3O7S/c1-8-28(32(37)33-22(2)3)34(20-24-10-9-11-25(18-24)40-5)31(36)21-35(29-19-26(41-6)14-17-30(29)42-7)43(38,39)27-15-12-23(4)13-16-27/h9-19,22,28H,8,20-21H2,1-7H3,(H,33,37). The van der Waals surface area contributed by atoms with E-state index in [1.807, 2.05) is 33.8 Å². The van der Waals surface area contributed by atoms with Crippen molar-refractivity contribution < 1.29 is 32.2 Å². The van der Waals surface area contributed by atoms with Gasteiger partial charge in [-0.2, -0.15) is 0 Å². The molecular weight excluding hydrogens is 570 g/mol. The van der Waals surface area contributed by atoms with E-state index in [0.717, 1.165) is 15.4 Å². The molecule has 3 aromatic rings. The van der Waals surface area contributed by atoms with Crippen LogP contribution < -0.4 is 23.8 Å². The van der Waals surface area contributed by atoms with Crippen molar-refractivity contribution in [3.05, 3.63) is 77.9 Å². The van der Waals surface area contributed by atoms with Crippen LogP contribution in [0.25, 0.3) is 0 Å². The van der Waals surface area contributed by atoms with E-state index in [0.29, 0.717) is 17.9 Å². The SMILES string of the molecule is CCC(C(=O)NC(C)C)N(Cc1cccc(OC)c1)C(=O)CN(c1cc(OC)ccc1OC)S(=O)(=O)c1ccc(C)cc1. The molecule has 1 N–H and O–H groups in total. The highest BCUT2D eigenvalue weighted by Crippen LogP contribution is 2.36. The van der Waals surface area contributed by atoms with Crippen molar-refractivity contribution in [2.24, 2.45) is 0 Å². The third kappa shape index (κ3) is 8.19. The van der Waals surface area contributed by atoms with Gasteiger partial charge in [0.25, 0.3) is 10.0 Å². The van der Waals surface area contributed by atoms with Crippen molar-refractivity contribution in [1.29, 1.82) is 0 Å². The maximum atomic E-state index is 14.3. The lowest BCUT2D eigenvalue weighted by Crippen LogP contribution is -2.53. The smallest absolute Gasteiger partial charge is 0.264 e. The van der Waals surface area contributed by atoms with Crippen LogP contribution in [-0.4, -0.2) is 65.1 Å². The molecular formula is C32H41N3O7S. The molecule has 3 aromatic carbocycles. The van der Waals surface area contributed by atoms with Crippen molar-refractivity contribution >= 4 is 27.5 Å². The van der Waals surface area contributed by atoms with Crippen LogP contribution in [0.5, 0.6) is 17.2 Å². The molecule has 0 radical (unpaired) electrons. The van der Waals surface area contributed by atoms with E-state index in [4.69, 9.17) is 14.2 Å². The lowest BCUT2D eigenvalue weighted by Gasteiger charge is -2.34. The van der Waals surface area contributed by atoms with Gasteiger partial charge in [-0.25, -0.2) is 8.42 Å². The van der Waals surface area contributed by atoms with E-state index < -0.39 is 28.5 Å². The lowest BCUT2D eigenvalue weighted by molar-refractivity contribution is -0.140. The highest BCUT2D eigenvalue weighted by Gasteiger charge is 2.35. The molecule has 0 aliphatic carbocycles. The number of carbonyl (C=O) groups is 2. The summed E-state index contributed by atoms with van der Waals surface area (Å²) >= 11 is 0. The first-order chi connectivity index (χ1) is 20.4. The summed E-state index contributed by atoms with van der Waals surface area (Å²) in [5.41, 5.74) is 1.72. The predicted molar refractivity (Wildman–Crippen MR) is 166 cm³/mol. The summed E-state index contributed by atoms with van der Waals surface area (Å²) in [5, 5.41) is 2.89. The Balaban J connectivity index is 2.16. The van der Waals surface area contributed by atoms with Crippen molar-refractivity contribution in [2.75, 3.05) is 32.2 Å². The minimum Gasteiger partial charge on any atom is -0.497 e. The number of anilines is 1. The van der Waals surface area contributed by atoms with E-state index in [1.54, 1.807) is 49.6 Å². The number of ether oxygens (including phenoxy) is 3. The van der Waals surface area contributed by atoms with Crippen molar-refractivity contribution in [3.8, 4) is 17.2 Å². The van der Waals surface area contributed by atoms with Gasteiger partial charge < -0.3 is 24.4 Å². The van der Waals surface area contributed by atoms with Crippen LogP contribution in [0.3, 0.4) is 0 Å². The zero-order chi connectivity index (χ0) is 31.7. The molecule has 232 valence electrons. The summed E-state index contributed by atoms with van der Waals surface area (Å²) in [6, 6.07) is 17.2. The third-order valence-electron chi connectivity index (χ3n) is 6.85. The molecule has 3 rings (SSSR count). The molecule has 1 unspecified atom stereocenters. The predicted octanol–water partition coefficient (Wildman–Crippen LogP) is 4.55. The average molecular weight is 612 g/mol. The van der Waals surface area contributed by atoms with Gasteiger partial charge in [-0.15, -0.1) is 0 Å². The van der Waals surface area contributed by atoms with E-state index in [2.05, 4.69) is 5.32 Å². The van der Waals surface area contributed by atoms with Gasteiger partial charge in [-0.3, -0.25) is 13.9 Å². The molecule has 10 nitrogen and oxygen atoms in total. The molecule has 0 aliphatic heterocycles. The monoisotopic (exact) mass is 611 g/mol. The molecule has 0 spiro atoms. The van der Waals surface area contributed by atoms with Gasteiger partial charge in [0.2, 0.25) is 11.8 Å². The topological polar surface area (TPSA) is 114 Å². The van der Waals surface area contributed by atoms with Gasteiger partial charge in [0.1, 0.15) is 29.8 Å². The Morgan fingerprint density at radius 3 is 2.12 bits per heavy atom. The zero-order valence-electron chi connectivity index (χ0n) is 25.8. The minimum atomic E-state index is -4.28. The third-order valence-corrected chi connectivity index (χ3v) is 8.62. The Morgan fingerprint density at radius 1 is 0.884 bits per heavy atom. The first-order valence-electron chi connectivity index (χ1n) is 14.0. The van der Waals surface area contributed by atoms with Crippen LogP contribution in [0, 0.1) is 6.92 Å². The summed E-state index contributed by atoms with van der Waals surface area (Å²) in [4.78, 5) is 29.0. The lowest BCUT2D eigenvalue weighted by atomic mass is 10.1. The Bertz CT molecular complexity index is 1510. The number of sulfonamides is 1. The first-order valence-corrected chi connectivity index (χ1v) is 15.4. The number of rotatable bonds is 14. The largest absolute Gasteiger partial charge is 0.497 e. The van der Waals surface area contributed by atoms with Gasteiger partial charge in [-0.1, -0.05) is 36.8 Å². The molecule has 0 aliphatic rings. The van der Waals surface area contributed by atoms with Gasteiger partial charge in [0, 0.05) is 18.7 Å². The van der Waals surface area contributed by atoms with Crippen molar-refractivity contribution in [2.45, 2.75) is 57.6 Å². The second-order valence-electron chi connectivity index (χ2n) is 10.3. The number of aryl methyl sites for hydroxylation is 1. The second-order valence-corrected chi connectivity index (χ2v) is 12.2. The number of carbonyl (C=O) groups excluding carboxylic acids is 2. The van der Waals surface area contributed by atoms with Gasteiger partial charge in [0.15, 0.2) is 0 Å². The van der Waals surface area contributed by atoms with E-state index >= 15 is 0 Å². The molecule has 0 bridgehead atoms. The minimum absolute atomic E-state index is 0.000268. The molecule has 0 saturated carbocycles. The molecule has 0 heterocycles. The second kappa shape index (κ2) is 14.8. The van der Waals surface area contributed by atoms with Crippen LogP contribution in [0.4, 0.5) is 5.69 Å². The number of nitrogens with zero attached hydrogens (tertiary/aromatic N) is 2. The number of nitrogens with one attached hydrogen (secondary N) is 1. The maximum absolute atomic E-state index is 14.3. The molecule has 43 heavy (non-hydrogen) atoms. The fourth-order valence-electron chi connectivity index (χ4n) is 4.61. The van der Waals surface area contributed by atoms with Crippen LogP contribution in [0.2, 0.25) is 0 Å². The van der Waals surface area contributed by atoms with Crippen LogP contribution in [-0.2, 0) is 26.2 Å². The molecule has 1 atom stereocenters. The molecule has 0 saturated heterocycles. The fraction of sp³-hybridized carbons (Fsp3) is 0.375. The van der Waals surface area contributed by atoms with Crippen molar-refractivity contribution in [3.63, 3.8) is 0 Å². The van der Waals surface area contributed by atoms with E-state index in [1.165, 1.54) is 37.3 Å². The highest BCUT2D eigenvalue weighted by molar-refractivity contribution is 7.92. The summed E-state index contributed by atoms with van der Waals surface area (Å²) in [5.74, 6) is 0.292. The number of hydrogen-bond acceptors (Lipinski definition) is 7. The van der Waals surface area contributed by atoms with E-state index in [9.17, 15) is 18.0 Å². The Morgan fingerprint density at radius 2 is 1.53 bits per heavy atom. The first kappa shape index (κ1) is 33.3. The Labute approximate surface area is 254 Å². The van der Waals surface area contributed by atoms with E-state index in [-0.39, 0.29) is 34.8 Å². The maximum Gasteiger partial charge on any atom is 0.264 e. The quantitative estimate of drug-likeness (QED) is 0.285. The molecule has 0 fully saturated rings. The Hall–Kier alpha value is -4.25.